The van der Waals surface area contributed by atoms with E-state index in [1.807, 2.05) is 12.1 Å². The van der Waals surface area contributed by atoms with Gasteiger partial charge in [-0.3, -0.25) is 0 Å². The number of furan rings is 2. The molecule has 0 unspecified atom stereocenters. The fourth-order valence-corrected chi connectivity index (χ4v) is 2.36. The molecule has 0 atom stereocenters. The Bertz CT molecular complexity index is 718. The van der Waals surface area contributed by atoms with Crippen molar-refractivity contribution in [3.8, 4) is 0 Å². The number of carbonyl (C=O) groups excluding carboxylic acids is 1. The van der Waals surface area contributed by atoms with E-state index in [-0.39, 0.29) is 17.8 Å². The molecule has 0 radical (unpaired) electrons. The van der Waals surface area contributed by atoms with Gasteiger partial charge >= 0.3 is 6.03 Å². The van der Waals surface area contributed by atoms with E-state index in [0.29, 0.717) is 24.6 Å². The first-order valence-corrected chi connectivity index (χ1v) is 7.55. The fourth-order valence-electron chi connectivity index (χ4n) is 2.36. The van der Waals surface area contributed by atoms with Gasteiger partial charge in [0.25, 0.3) is 0 Å². The molecule has 0 aliphatic heterocycles. The van der Waals surface area contributed by atoms with Crippen LogP contribution < -0.4 is 10.6 Å². The quantitative estimate of drug-likeness (QED) is 0.726. The summed E-state index contributed by atoms with van der Waals surface area (Å²) in [5.74, 6) is 0.919. The predicted octanol–water partition coefficient (Wildman–Crippen LogP) is 3.64. The zero-order chi connectivity index (χ0) is 16.8. The van der Waals surface area contributed by atoms with Crippen molar-refractivity contribution in [2.45, 2.75) is 12.5 Å². The highest BCUT2D eigenvalue weighted by atomic mass is 19.1. The first kappa shape index (κ1) is 15.9. The number of rotatable bonds is 6. The Hall–Kier alpha value is -3.02. The van der Waals surface area contributed by atoms with Crippen LogP contribution in [0.25, 0.3) is 0 Å². The van der Waals surface area contributed by atoms with Crippen LogP contribution in [0.2, 0.25) is 0 Å². The zero-order valence-electron chi connectivity index (χ0n) is 12.9. The van der Waals surface area contributed by atoms with Crippen LogP contribution in [-0.2, 0) is 6.54 Å². The molecule has 1 aromatic carbocycles. The highest BCUT2D eigenvalue weighted by Crippen LogP contribution is 2.24. The van der Waals surface area contributed by atoms with Crippen molar-refractivity contribution in [3.05, 3.63) is 84.0 Å². The molecule has 2 amide bonds. The molecule has 0 aliphatic rings. The highest BCUT2D eigenvalue weighted by molar-refractivity contribution is 5.73. The predicted molar refractivity (Wildman–Crippen MR) is 85.9 cm³/mol. The van der Waals surface area contributed by atoms with Crippen molar-refractivity contribution in [1.82, 2.24) is 10.6 Å². The molecule has 124 valence electrons. The topological polar surface area (TPSA) is 67.4 Å². The highest BCUT2D eigenvalue weighted by Gasteiger charge is 2.20. The van der Waals surface area contributed by atoms with E-state index in [1.165, 1.54) is 12.1 Å². The van der Waals surface area contributed by atoms with Crippen LogP contribution in [0.15, 0.2) is 69.9 Å². The summed E-state index contributed by atoms with van der Waals surface area (Å²) < 4.78 is 23.7. The van der Waals surface area contributed by atoms with Gasteiger partial charge in [-0.15, -0.1) is 0 Å². The number of nitrogens with one attached hydrogen (secondary N) is 2. The van der Waals surface area contributed by atoms with Crippen molar-refractivity contribution >= 4 is 6.03 Å². The molecule has 0 saturated carbocycles. The van der Waals surface area contributed by atoms with Crippen molar-refractivity contribution in [1.29, 1.82) is 0 Å². The number of carbonyl (C=O) groups is 1. The smallest absolute Gasteiger partial charge is 0.315 e. The number of urea groups is 1. The second-order valence-electron chi connectivity index (χ2n) is 5.27. The van der Waals surface area contributed by atoms with Crippen molar-refractivity contribution in [2.75, 3.05) is 6.54 Å². The van der Waals surface area contributed by atoms with Gasteiger partial charge in [-0.05, 0) is 42.0 Å². The summed E-state index contributed by atoms with van der Waals surface area (Å²) in [5, 5.41) is 5.53. The number of hydrogen-bond donors (Lipinski definition) is 2. The molecular weight excluding hydrogens is 311 g/mol. The van der Waals surface area contributed by atoms with Gasteiger partial charge in [0.15, 0.2) is 0 Å². The lowest BCUT2D eigenvalue weighted by molar-refractivity contribution is 0.239. The fraction of sp³-hybridized carbons (Fsp3) is 0.167. The van der Waals surface area contributed by atoms with Gasteiger partial charge in [0, 0.05) is 13.1 Å². The number of halogens is 1. The lowest BCUT2D eigenvalue weighted by atomic mass is 10.0. The molecular formula is C18H17FN2O3. The lowest BCUT2D eigenvalue weighted by Crippen LogP contribution is -2.37. The van der Waals surface area contributed by atoms with E-state index < -0.39 is 0 Å². The van der Waals surface area contributed by atoms with Crippen molar-refractivity contribution < 1.29 is 18.0 Å². The summed E-state index contributed by atoms with van der Waals surface area (Å²) in [4.78, 5) is 12.0. The van der Waals surface area contributed by atoms with Crippen molar-refractivity contribution in [2.24, 2.45) is 0 Å². The summed E-state index contributed by atoms with van der Waals surface area (Å²) in [6.45, 7) is 0.647. The Morgan fingerprint density at radius 1 is 0.958 bits per heavy atom. The maximum Gasteiger partial charge on any atom is 0.315 e. The van der Waals surface area contributed by atoms with Crippen molar-refractivity contribution in [3.63, 3.8) is 0 Å². The van der Waals surface area contributed by atoms with E-state index in [9.17, 15) is 9.18 Å². The molecule has 2 aromatic heterocycles. The third-order valence-corrected chi connectivity index (χ3v) is 3.61. The molecule has 0 spiro atoms. The first-order valence-electron chi connectivity index (χ1n) is 7.55. The van der Waals surface area contributed by atoms with E-state index >= 15 is 0 Å². The molecule has 3 aromatic rings. The Morgan fingerprint density at radius 2 is 1.58 bits per heavy atom. The second-order valence-corrected chi connectivity index (χ2v) is 5.27. The second kappa shape index (κ2) is 7.50. The Morgan fingerprint density at radius 3 is 2.12 bits per heavy atom. The van der Waals surface area contributed by atoms with E-state index in [1.54, 1.807) is 36.8 Å². The van der Waals surface area contributed by atoms with E-state index in [4.69, 9.17) is 8.83 Å². The van der Waals surface area contributed by atoms with E-state index in [2.05, 4.69) is 10.6 Å². The van der Waals surface area contributed by atoms with Gasteiger partial charge in [-0.2, -0.15) is 0 Å². The maximum absolute atomic E-state index is 12.8. The SMILES string of the molecule is O=C(NCc1ccc(F)cc1)NCC(c1ccco1)c1ccco1. The molecule has 5 nitrogen and oxygen atoms in total. The minimum absolute atomic E-state index is 0.202. The summed E-state index contributed by atoms with van der Waals surface area (Å²) in [5.41, 5.74) is 0.820. The maximum atomic E-state index is 12.8. The molecule has 0 fully saturated rings. The standard InChI is InChI=1S/C18H17FN2O3/c19-14-7-5-13(6-8-14)11-20-18(22)21-12-15(16-3-1-9-23-16)17-4-2-10-24-17/h1-10,15H,11-12H2,(H2,20,21,22). The molecule has 0 aliphatic carbocycles. The third-order valence-electron chi connectivity index (χ3n) is 3.61. The average molecular weight is 328 g/mol. The summed E-state index contributed by atoms with van der Waals surface area (Å²) in [6.07, 6.45) is 3.17. The van der Waals surface area contributed by atoms with Crippen LogP contribution in [0.1, 0.15) is 23.0 Å². The van der Waals surface area contributed by atoms with Crippen LogP contribution in [0.5, 0.6) is 0 Å². The largest absolute Gasteiger partial charge is 0.469 e. The van der Waals surface area contributed by atoms with Crippen LogP contribution >= 0.6 is 0 Å². The first-order chi connectivity index (χ1) is 11.7. The number of hydrogen-bond acceptors (Lipinski definition) is 3. The Labute approximate surface area is 138 Å². The third kappa shape index (κ3) is 4.04. The van der Waals surface area contributed by atoms with Gasteiger partial charge in [0.2, 0.25) is 0 Å². The molecule has 0 saturated heterocycles. The Balaban J connectivity index is 1.54. The number of benzene rings is 1. The van der Waals surface area contributed by atoms with Gasteiger partial charge < -0.3 is 19.5 Å². The summed E-state index contributed by atoms with van der Waals surface area (Å²) in [6, 6.07) is 12.9. The average Bonchev–Trinajstić information content (AvgIpc) is 3.29. The van der Waals surface area contributed by atoms with Gasteiger partial charge in [0.1, 0.15) is 17.3 Å². The molecule has 2 N–H and O–H groups in total. The van der Waals surface area contributed by atoms with Gasteiger partial charge in [0.05, 0.1) is 18.4 Å². The Kier molecular flexibility index (Phi) is 4.96. The van der Waals surface area contributed by atoms with Crippen LogP contribution in [0.4, 0.5) is 9.18 Å². The van der Waals surface area contributed by atoms with Crippen LogP contribution in [0, 0.1) is 5.82 Å². The molecule has 0 bridgehead atoms. The van der Waals surface area contributed by atoms with Gasteiger partial charge in [-0.25, -0.2) is 9.18 Å². The molecule has 3 rings (SSSR count). The normalized spacial score (nSPS) is 10.8. The number of amides is 2. The minimum atomic E-state index is -0.317. The summed E-state index contributed by atoms with van der Waals surface area (Å²) >= 11 is 0. The zero-order valence-corrected chi connectivity index (χ0v) is 12.9. The monoisotopic (exact) mass is 328 g/mol. The lowest BCUT2D eigenvalue weighted by Gasteiger charge is -2.14. The summed E-state index contributed by atoms with van der Waals surface area (Å²) in [7, 11) is 0. The van der Waals surface area contributed by atoms with Crippen LogP contribution in [-0.4, -0.2) is 12.6 Å². The van der Waals surface area contributed by atoms with Gasteiger partial charge in [-0.1, -0.05) is 12.1 Å². The molecule has 24 heavy (non-hydrogen) atoms. The van der Waals surface area contributed by atoms with E-state index in [0.717, 1.165) is 5.56 Å². The molecule has 2 heterocycles. The van der Waals surface area contributed by atoms with Crippen LogP contribution in [0.3, 0.4) is 0 Å². The molecule has 6 heteroatoms. The minimum Gasteiger partial charge on any atom is -0.469 e.